The lowest BCUT2D eigenvalue weighted by molar-refractivity contribution is -0.122. The number of ether oxygens (including phenoxy) is 1. The van der Waals surface area contributed by atoms with Crippen molar-refractivity contribution in [2.75, 3.05) is 19.8 Å². The van der Waals surface area contributed by atoms with Crippen LogP contribution in [-0.4, -0.2) is 31.7 Å². The van der Waals surface area contributed by atoms with Gasteiger partial charge >= 0.3 is 0 Å². The number of hydrogen-bond acceptors (Lipinski definition) is 3. The molecule has 1 atom stereocenters. The third kappa shape index (κ3) is 8.68. The largest absolute Gasteiger partial charge is 0.381 e. The molecule has 0 heterocycles. The SMILES string of the molecule is CCCCOCCCNC(=O)C(N)CCC. The van der Waals surface area contributed by atoms with E-state index < -0.39 is 0 Å². The monoisotopic (exact) mass is 230 g/mol. The fourth-order valence-electron chi connectivity index (χ4n) is 1.31. The molecule has 0 radical (unpaired) electrons. The predicted molar refractivity (Wildman–Crippen MR) is 66.2 cm³/mol. The van der Waals surface area contributed by atoms with Crippen LogP contribution >= 0.6 is 0 Å². The molecule has 0 aromatic rings. The first-order valence-corrected chi connectivity index (χ1v) is 6.33. The van der Waals surface area contributed by atoms with E-state index in [2.05, 4.69) is 12.2 Å². The number of carbonyl (C=O) groups is 1. The molecule has 0 aromatic heterocycles. The summed E-state index contributed by atoms with van der Waals surface area (Å²) in [6, 6.07) is -0.356. The van der Waals surface area contributed by atoms with Crippen LogP contribution in [0.3, 0.4) is 0 Å². The minimum Gasteiger partial charge on any atom is -0.381 e. The Kier molecular flexibility index (Phi) is 10.5. The van der Waals surface area contributed by atoms with Gasteiger partial charge in [-0.15, -0.1) is 0 Å². The van der Waals surface area contributed by atoms with Gasteiger partial charge in [0.05, 0.1) is 6.04 Å². The van der Waals surface area contributed by atoms with Crippen molar-refractivity contribution >= 4 is 5.91 Å². The van der Waals surface area contributed by atoms with Gasteiger partial charge in [0, 0.05) is 19.8 Å². The number of carbonyl (C=O) groups excluding carboxylic acids is 1. The van der Waals surface area contributed by atoms with Crippen molar-refractivity contribution in [3.05, 3.63) is 0 Å². The van der Waals surface area contributed by atoms with Gasteiger partial charge < -0.3 is 15.8 Å². The molecular formula is C12H26N2O2. The fourth-order valence-corrected chi connectivity index (χ4v) is 1.31. The van der Waals surface area contributed by atoms with Crippen LogP contribution < -0.4 is 11.1 Å². The molecule has 3 N–H and O–H groups in total. The standard InChI is InChI=1S/C12H26N2O2/c1-3-5-9-16-10-6-8-14-12(15)11(13)7-4-2/h11H,3-10,13H2,1-2H3,(H,14,15). The van der Waals surface area contributed by atoms with Crippen LogP contribution in [0, 0.1) is 0 Å². The van der Waals surface area contributed by atoms with E-state index in [1.165, 1.54) is 0 Å². The van der Waals surface area contributed by atoms with Crippen molar-refractivity contribution in [3.8, 4) is 0 Å². The molecule has 16 heavy (non-hydrogen) atoms. The van der Waals surface area contributed by atoms with E-state index in [0.717, 1.165) is 38.7 Å². The molecular weight excluding hydrogens is 204 g/mol. The zero-order valence-electron chi connectivity index (χ0n) is 10.6. The van der Waals surface area contributed by atoms with Crippen molar-refractivity contribution in [2.24, 2.45) is 5.73 Å². The van der Waals surface area contributed by atoms with E-state index >= 15 is 0 Å². The first-order chi connectivity index (χ1) is 7.72. The first-order valence-electron chi connectivity index (χ1n) is 6.33. The summed E-state index contributed by atoms with van der Waals surface area (Å²) in [7, 11) is 0. The number of rotatable bonds is 10. The molecule has 0 aliphatic heterocycles. The van der Waals surface area contributed by atoms with Crippen molar-refractivity contribution in [1.29, 1.82) is 0 Å². The minimum atomic E-state index is -0.356. The van der Waals surface area contributed by atoms with Crippen LogP contribution in [-0.2, 0) is 9.53 Å². The van der Waals surface area contributed by atoms with Crippen LogP contribution in [0.4, 0.5) is 0 Å². The summed E-state index contributed by atoms with van der Waals surface area (Å²) in [5.74, 6) is -0.0459. The van der Waals surface area contributed by atoms with Crippen LogP contribution in [0.15, 0.2) is 0 Å². The van der Waals surface area contributed by atoms with Gasteiger partial charge in [0.1, 0.15) is 0 Å². The highest BCUT2D eigenvalue weighted by Crippen LogP contribution is 1.93. The van der Waals surface area contributed by atoms with E-state index in [9.17, 15) is 4.79 Å². The molecule has 0 aromatic carbocycles. The van der Waals surface area contributed by atoms with Crippen molar-refractivity contribution in [1.82, 2.24) is 5.32 Å². The Labute approximate surface area is 98.9 Å². The summed E-state index contributed by atoms with van der Waals surface area (Å²) in [6.07, 6.45) is 4.80. The average molecular weight is 230 g/mol. The molecule has 4 heteroatoms. The Morgan fingerprint density at radius 2 is 1.94 bits per heavy atom. The zero-order valence-corrected chi connectivity index (χ0v) is 10.6. The lowest BCUT2D eigenvalue weighted by Crippen LogP contribution is -2.40. The Balaban J connectivity index is 3.27. The zero-order chi connectivity index (χ0) is 12.2. The summed E-state index contributed by atoms with van der Waals surface area (Å²) >= 11 is 0. The Hall–Kier alpha value is -0.610. The van der Waals surface area contributed by atoms with Gasteiger partial charge in [-0.3, -0.25) is 4.79 Å². The lowest BCUT2D eigenvalue weighted by atomic mass is 10.2. The second-order valence-corrected chi connectivity index (χ2v) is 4.01. The maximum Gasteiger partial charge on any atom is 0.236 e. The lowest BCUT2D eigenvalue weighted by Gasteiger charge is -2.11. The minimum absolute atomic E-state index is 0.0459. The molecule has 0 fully saturated rings. The molecule has 0 aliphatic carbocycles. The van der Waals surface area contributed by atoms with Crippen molar-refractivity contribution in [2.45, 2.75) is 52.0 Å². The van der Waals surface area contributed by atoms with Gasteiger partial charge in [0.2, 0.25) is 5.91 Å². The van der Waals surface area contributed by atoms with Crippen molar-refractivity contribution < 1.29 is 9.53 Å². The number of nitrogens with two attached hydrogens (primary N) is 1. The number of nitrogens with one attached hydrogen (secondary N) is 1. The summed E-state index contributed by atoms with van der Waals surface area (Å²) in [4.78, 5) is 11.4. The second kappa shape index (κ2) is 10.9. The molecule has 1 unspecified atom stereocenters. The van der Waals surface area contributed by atoms with Gasteiger partial charge in [-0.2, -0.15) is 0 Å². The highest BCUT2D eigenvalue weighted by atomic mass is 16.5. The van der Waals surface area contributed by atoms with E-state index in [1.54, 1.807) is 0 Å². The van der Waals surface area contributed by atoms with Crippen LogP contribution in [0.1, 0.15) is 46.0 Å². The van der Waals surface area contributed by atoms with E-state index in [1.807, 2.05) is 6.92 Å². The summed E-state index contributed by atoms with van der Waals surface area (Å²) < 4.78 is 5.38. The molecule has 0 aliphatic rings. The highest BCUT2D eigenvalue weighted by molar-refractivity contribution is 5.81. The molecule has 0 rings (SSSR count). The van der Waals surface area contributed by atoms with Gasteiger partial charge in [0.15, 0.2) is 0 Å². The Morgan fingerprint density at radius 1 is 1.25 bits per heavy atom. The third-order valence-electron chi connectivity index (χ3n) is 2.34. The van der Waals surface area contributed by atoms with Crippen LogP contribution in [0.2, 0.25) is 0 Å². The van der Waals surface area contributed by atoms with Crippen LogP contribution in [0.25, 0.3) is 0 Å². The van der Waals surface area contributed by atoms with Gasteiger partial charge in [-0.25, -0.2) is 0 Å². The quantitative estimate of drug-likeness (QED) is 0.558. The summed E-state index contributed by atoms with van der Waals surface area (Å²) in [5.41, 5.74) is 5.66. The maximum absolute atomic E-state index is 11.4. The van der Waals surface area contributed by atoms with Crippen LogP contribution in [0.5, 0.6) is 0 Å². The highest BCUT2D eigenvalue weighted by Gasteiger charge is 2.10. The molecule has 96 valence electrons. The topological polar surface area (TPSA) is 64.3 Å². The number of unbranched alkanes of at least 4 members (excludes halogenated alkanes) is 1. The van der Waals surface area contributed by atoms with Crippen molar-refractivity contribution in [3.63, 3.8) is 0 Å². The molecule has 4 nitrogen and oxygen atoms in total. The van der Waals surface area contributed by atoms with E-state index in [4.69, 9.17) is 10.5 Å². The molecule has 0 bridgehead atoms. The average Bonchev–Trinajstić information content (AvgIpc) is 2.28. The van der Waals surface area contributed by atoms with Gasteiger partial charge in [-0.05, 0) is 19.3 Å². The van der Waals surface area contributed by atoms with E-state index in [-0.39, 0.29) is 11.9 Å². The Morgan fingerprint density at radius 3 is 2.56 bits per heavy atom. The molecule has 1 amide bonds. The molecule has 0 spiro atoms. The predicted octanol–water partition coefficient (Wildman–Crippen LogP) is 1.44. The number of hydrogen-bond donors (Lipinski definition) is 2. The summed E-state index contributed by atoms with van der Waals surface area (Å²) in [5, 5.41) is 2.81. The fraction of sp³-hybridized carbons (Fsp3) is 0.917. The third-order valence-corrected chi connectivity index (χ3v) is 2.34. The Bertz CT molecular complexity index is 174. The second-order valence-electron chi connectivity index (χ2n) is 4.01. The van der Waals surface area contributed by atoms with Gasteiger partial charge in [0.25, 0.3) is 0 Å². The maximum atomic E-state index is 11.4. The molecule has 0 saturated carbocycles. The summed E-state index contributed by atoms with van der Waals surface area (Å²) in [6.45, 7) is 6.35. The van der Waals surface area contributed by atoms with E-state index in [0.29, 0.717) is 13.2 Å². The van der Waals surface area contributed by atoms with Gasteiger partial charge in [-0.1, -0.05) is 26.7 Å². The normalized spacial score (nSPS) is 12.4. The molecule has 0 saturated heterocycles. The first kappa shape index (κ1) is 15.4. The smallest absolute Gasteiger partial charge is 0.236 e. The number of amides is 1.